The van der Waals surface area contributed by atoms with Crippen molar-refractivity contribution < 1.29 is 4.79 Å². The maximum absolute atomic E-state index is 10.9. The van der Waals surface area contributed by atoms with Crippen molar-refractivity contribution in [3.63, 3.8) is 0 Å². The van der Waals surface area contributed by atoms with E-state index in [1.165, 1.54) is 5.56 Å². The third-order valence-electron chi connectivity index (χ3n) is 3.43. The second-order valence-corrected chi connectivity index (χ2v) is 4.76. The minimum Gasteiger partial charge on any atom is -0.343 e. The van der Waals surface area contributed by atoms with Gasteiger partial charge in [-0.3, -0.25) is 4.79 Å². The molecule has 4 nitrogen and oxygen atoms in total. The van der Waals surface area contributed by atoms with Gasteiger partial charge in [0.2, 0.25) is 5.91 Å². The van der Waals surface area contributed by atoms with Crippen LogP contribution in [0.1, 0.15) is 25.3 Å². The van der Waals surface area contributed by atoms with Crippen LogP contribution in [0.15, 0.2) is 30.3 Å². The minimum absolute atomic E-state index is 0.208. The summed E-state index contributed by atoms with van der Waals surface area (Å²) in [6, 6.07) is 10.6. The van der Waals surface area contributed by atoms with E-state index < -0.39 is 0 Å². The van der Waals surface area contributed by atoms with Crippen LogP contribution in [-0.4, -0.2) is 37.0 Å². The van der Waals surface area contributed by atoms with E-state index in [2.05, 4.69) is 5.32 Å². The molecular weight excluding hydrogens is 238 g/mol. The Morgan fingerprint density at radius 3 is 2.26 bits per heavy atom. The Morgan fingerprint density at radius 1 is 1.32 bits per heavy atom. The molecule has 3 N–H and O–H groups in total. The summed E-state index contributed by atoms with van der Waals surface area (Å²) in [5.74, 6) is 0.208. The number of hydrogen-bond acceptors (Lipinski definition) is 3. The summed E-state index contributed by atoms with van der Waals surface area (Å²) in [6.45, 7) is 4.11. The zero-order valence-electron chi connectivity index (χ0n) is 11.9. The minimum atomic E-state index is 0.208. The van der Waals surface area contributed by atoms with Crippen LogP contribution in [0.3, 0.4) is 0 Å². The first-order valence-electron chi connectivity index (χ1n) is 6.84. The van der Waals surface area contributed by atoms with Gasteiger partial charge in [-0.05, 0) is 25.5 Å². The summed E-state index contributed by atoms with van der Waals surface area (Å²) in [4.78, 5) is 12.8. The van der Waals surface area contributed by atoms with Crippen molar-refractivity contribution in [3.05, 3.63) is 35.9 Å². The molecule has 1 aliphatic rings. The molecule has 1 aromatic carbocycles. The molecule has 19 heavy (non-hydrogen) atoms. The van der Waals surface area contributed by atoms with Gasteiger partial charge in [0.15, 0.2) is 0 Å². The van der Waals surface area contributed by atoms with Crippen LogP contribution in [0.5, 0.6) is 0 Å². The molecule has 0 aliphatic carbocycles. The number of nitrogens with two attached hydrogens (primary N) is 1. The standard InChI is InChI=1S/C8H16N2O.C7H9N/c1-7(11)10-5-3-8(9-2)4-6-10;8-6-7-4-2-1-3-5-7/h8-9H,3-6H2,1-2H3;1-5H,6,8H2. The second-order valence-electron chi connectivity index (χ2n) is 4.76. The van der Waals surface area contributed by atoms with Crippen molar-refractivity contribution in [1.82, 2.24) is 10.2 Å². The lowest BCUT2D eigenvalue weighted by molar-refractivity contribution is -0.129. The van der Waals surface area contributed by atoms with E-state index in [1.54, 1.807) is 6.92 Å². The number of carbonyl (C=O) groups is 1. The van der Waals surface area contributed by atoms with Crippen molar-refractivity contribution in [1.29, 1.82) is 0 Å². The Bertz CT molecular complexity index is 359. The fourth-order valence-electron chi connectivity index (χ4n) is 2.10. The predicted molar refractivity (Wildman–Crippen MR) is 78.7 cm³/mol. The molecule has 4 heteroatoms. The number of nitrogens with one attached hydrogen (secondary N) is 1. The van der Waals surface area contributed by atoms with Crippen molar-refractivity contribution in [2.75, 3.05) is 20.1 Å². The van der Waals surface area contributed by atoms with Crippen LogP contribution in [0.2, 0.25) is 0 Å². The summed E-state index contributed by atoms with van der Waals surface area (Å²) in [5.41, 5.74) is 6.54. The van der Waals surface area contributed by atoms with Gasteiger partial charge in [0.25, 0.3) is 0 Å². The maximum atomic E-state index is 10.9. The van der Waals surface area contributed by atoms with Gasteiger partial charge < -0.3 is 16.0 Å². The number of hydrogen-bond donors (Lipinski definition) is 2. The number of piperidine rings is 1. The van der Waals surface area contributed by atoms with Gasteiger partial charge in [-0.15, -0.1) is 0 Å². The van der Waals surface area contributed by atoms with Gasteiger partial charge in [0.05, 0.1) is 0 Å². The zero-order chi connectivity index (χ0) is 14.1. The SMILES string of the molecule is CNC1CCN(C(C)=O)CC1.NCc1ccccc1. The summed E-state index contributed by atoms with van der Waals surface area (Å²) in [6.07, 6.45) is 2.19. The Labute approximate surface area is 116 Å². The van der Waals surface area contributed by atoms with E-state index in [4.69, 9.17) is 5.73 Å². The van der Waals surface area contributed by atoms with Crippen LogP contribution < -0.4 is 11.1 Å². The average molecular weight is 263 g/mol. The highest BCUT2D eigenvalue weighted by atomic mass is 16.2. The molecule has 0 bridgehead atoms. The molecular formula is C15H25N3O. The fourth-order valence-corrected chi connectivity index (χ4v) is 2.10. The molecule has 0 saturated carbocycles. The number of amides is 1. The lowest BCUT2D eigenvalue weighted by Crippen LogP contribution is -2.43. The summed E-state index contributed by atoms with van der Waals surface area (Å²) in [5, 5.41) is 3.23. The van der Waals surface area contributed by atoms with Crippen molar-refractivity contribution in [2.45, 2.75) is 32.4 Å². The van der Waals surface area contributed by atoms with Crippen LogP contribution in [0, 0.1) is 0 Å². The first kappa shape index (κ1) is 15.7. The summed E-state index contributed by atoms with van der Waals surface area (Å²) in [7, 11) is 1.98. The van der Waals surface area contributed by atoms with E-state index in [0.717, 1.165) is 25.9 Å². The summed E-state index contributed by atoms with van der Waals surface area (Å²) >= 11 is 0. The lowest BCUT2D eigenvalue weighted by atomic mass is 10.1. The van der Waals surface area contributed by atoms with Crippen LogP contribution >= 0.6 is 0 Å². The Hall–Kier alpha value is -1.39. The summed E-state index contributed by atoms with van der Waals surface area (Å²) < 4.78 is 0. The van der Waals surface area contributed by atoms with Crippen LogP contribution in [-0.2, 0) is 11.3 Å². The highest BCUT2D eigenvalue weighted by Gasteiger charge is 2.18. The lowest BCUT2D eigenvalue weighted by Gasteiger charge is -2.30. The first-order chi connectivity index (χ1) is 9.17. The number of nitrogens with zero attached hydrogens (tertiary/aromatic N) is 1. The Kier molecular flexibility index (Phi) is 7.15. The van der Waals surface area contributed by atoms with Gasteiger partial charge in [-0.1, -0.05) is 30.3 Å². The molecule has 1 heterocycles. The van der Waals surface area contributed by atoms with Gasteiger partial charge >= 0.3 is 0 Å². The van der Waals surface area contributed by atoms with E-state index in [0.29, 0.717) is 12.6 Å². The maximum Gasteiger partial charge on any atom is 0.219 e. The normalized spacial score (nSPS) is 15.6. The highest BCUT2D eigenvalue weighted by Crippen LogP contribution is 2.09. The molecule has 2 rings (SSSR count). The Morgan fingerprint density at radius 2 is 1.89 bits per heavy atom. The molecule has 0 spiro atoms. The van der Waals surface area contributed by atoms with Crippen molar-refractivity contribution in [3.8, 4) is 0 Å². The van der Waals surface area contributed by atoms with Gasteiger partial charge in [-0.2, -0.15) is 0 Å². The molecule has 1 amide bonds. The largest absolute Gasteiger partial charge is 0.343 e. The highest BCUT2D eigenvalue weighted by molar-refractivity contribution is 5.73. The number of benzene rings is 1. The fraction of sp³-hybridized carbons (Fsp3) is 0.533. The molecule has 0 radical (unpaired) electrons. The predicted octanol–water partition coefficient (Wildman–Crippen LogP) is 1.36. The molecule has 106 valence electrons. The monoisotopic (exact) mass is 263 g/mol. The van der Waals surface area contributed by atoms with Crippen molar-refractivity contribution in [2.24, 2.45) is 5.73 Å². The molecule has 0 aromatic heterocycles. The number of carbonyl (C=O) groups excluding carboxylic acids is 1. The van der Waals surface area contributed by atoms with E-state index in [-0.39, 0.29) is 5.91 Å². The molecule has 1 saturated heterocycles. The molecule has 1 fully saturated rings. The van der Waals surface area contributed by atoms with Gasteiger partial charge in [0, 0.05) is 32.6 Å². The van der Waals surface area contributed by atoms with Gasteiger partial charge in [0.1, 0.15) is 0 Å². The van der Waals surface area contributed by atoms with Crippen molar-refractivity contribution >= 4 is 5.91 Å². The third-order valence-corrected chi connectivity index (χ3v) is 3.43. The number of likely N-dealkylation sites (tertiary alicyclic amines) is 1. The van der Waals surface area contributed by atoms with E-state index in [1.807, 2.05) is 42.3 Å². The number of rotatable bonds is 2. The quantitative estimate of drug-likeness (QED) is 0.847. The van der Waals surface area contributed by atoms with E-state index in [9.17, 15) is 4.79 Å². The molecule has 0 unspecified atom stereocenters. The topological polar surface area (TPSA) is 58.4 Å². The van der Waals surface area contributed by atoms with E-state index >= 15 is 0 Å². The first-order valence-corrected chi connectivity index (χ1v) is 6.84. The molecule has 1 aromatic rings. The zero-order valence-corrected chi connectivity index (χ0v) is 11.9. The molecule has 1 aliphatic heterocycles. The van der Waals surface area contributed by atoms with Crippen LogP contribution in [0.4, 0.5) is 0 Å². The van der Waals surface area contributed by atoms with Crippen LogP contribution in [0.25, 0.3) is 0 Å². The Balaban J connectivity index is 0.000000200. The smallest absolute Gasteiger partial charge is 0.219 e. The average Bonchev–Trinajstić information content (AvgIpc) is 2.48. The molecule has 0 atom stereocenters. The van der Waals surface area contributed by atoms with Gasteiger partial charge in [-0.25, -0.2) is 0 Å². The third kappa shape index (κ3) is 5.85. The second kappa shape index (κ2) is 8.67.